The standard InChI is InChI=1S/C34H42N2O7/c1-8-25-34(7)30(36-32(39)43-34)19(4)27(37)17(2)14-33(6)26-18(3)28(20(5)31(38)41-25)42-29(23(26)16-40-33)22-13-21-11-9-10-12-24(21)35-15-22/h9-13,15,17,19-20,23,25-26,29-30H,8,14,16H2,1-7H3,(H,36,39)/t17-,19+,20+,23+,25+,26-,29-,30+,33+,34+/m0/s1. The lowest BCUT2D eigenvalue weighted by molar-refractivity contribution is -0.169. The Morgan fingerprint density at radius 3 is 2.56 bits per heavy atom. The highest BCUT2D eigenvalue weighted by Gasteiger charge is 2.59. The second-order valence-electron chi connectivity index (χ2n) is 13.4. The van der Waals surface area contributed by atoms with Gasteiger partial charge >= 0.3 is 12.1 Å². The lowest BCUT2D eigenvalue weighted by atomic mass is 9.68. The maximum Gasteiger partial charge on any atom is 0.408 e. The van der Waals surface area contributed by atoms with E-state index in [1.54, 1.807) is 13.8 Å². The number of fused-ring (bicyclic) bond motifs is 2. The minimum atomic E-state index is -1.22. The van der Waals surface area contributed by atoms with E-state index in [9.17, 15) is 14.4 Å². The summed E-state index contributed by atoms with van der Waals surface area (Å²) < 4.78 is 25.3. The lowest BCUT2D eigenvalue weighted by Crippen LogP contribution is -2.57. The fourth-order valence-corrected chi connectivity index (χ4v) is 8.35. The molecule has 9 nitrogen and oxygen atoms in total. The van der Waals surface area contributed by atoms with E-state index in [-0.39, 0.29) is 23.5 Å². The first-order valence-corrected chi connectivity index (χ1v) is 15.5. The molecule has 2 fully saturated rings. The lowest BCUT2D eigenvalue weighted by Gasteiger charge is -2.44. The van der Waals surface area contributed by atoms with Gasteiger partial charge < -0.3 is 24.3 Å². The number of carbonyl (C=O) groups is 3. The molecule has 43 heavy (non-hydrogen) atoms. The number of para-hydroxylation sites is 1. The Morgan fingerprint density at radius 1 is 1.07 bits per heavy atom. The summed E-state index contributed by atoms with van der Waals surface area (Å²) in [4.78, 5) is 45.1. The summed E-state index contributed by atoms with van der Waals surface area (Å²) in [5.74, 6) is -1.69. The van der Waals surface area contributed by atoms with Crippen LogP contribution >= 0.6 is 0 Å². The first-order chi connectivity index (χ1) is 20.4. The SMILES string of the molecule is CC[C@H]1OC(=O)[C@H](C)C2=C(C)[C@H]3[C@@H](CO[C@]3(C)C[C@H](C)C(=O)[C@@H](C)[C@H]3NC(=O)O[C@@]31C)[C@H](c1cnc3ccccc3c1)O2. The predicted octanol–water partition coefficient (Wildman–Crippen LogP) is 5.67. The number of rotatable bonds is 2. The van der Waals surface area contributed by atoms with Gasteiger partial charge in [0.25, 0.3) is 0 Å². The molecule has 2 bridgehead atoms. The number of nitrogens with one attached hydrogen (secondary N) is 1. The van der Waals surface area contributed by atoms with E-state index in [1.165, 1.54) is 0 Å². The molecule has 1 amide bonds. The van der Waals surface area contributed by atoms with Crippen LogP contribution < -0.4 is 5.32 Å². The number of nitrogens with zero attached hydrogens (tertiary/aromatic N) is 1. The van der Waals surface area contributed by atoms with E-state index in [1.807, 2.05) is 58.2 Å². The second-order valence-corrected chi connectivity index (χ2v) is 13.4. The quantitative estimate of drug-likeness (QED) is 0.445. The van der Waals surface area contributed by atoms with Crippen molar-refractivity contribution < 1.29 is 33.3 Å². The van der Waals surface area contributed by atoms with Crippen molar-refractivity contribution in [3.8, 4) is 0 Å². The van der Waals surface area contributed by atoms with Crippen LogP contribution in [0.3, 0.4) is 0 Å². The van der Waals surface area contributed by atoms with Crippen molar-refractivity contribution in [2.24, 2.45) is 29.6 Å². The zero-order chi connectivity index (χ0) is 30.8. The normalized spacial score (nSPS) is 39.8. The minimum absolute atomic E-state index is 0.00565. The largest absolute Gasteiger partial charge is 0.489 e. The van der Waals surface area contributed by atoms with Gasteiger partial charge in [-0.25, -0.2) is 4.79 Å². The average Bonchev–Trinajstić information content (AvgIpc) is 3.50. The van der Waals surface area contributed by atoms with Crippen LogP contribution in [0.4, 0.5) is 4.79 Å². The molecule has 0 radical (unpaired) electrons. The smallest absolute Gasteiger partial charge is 0.408 e. The van der Waals surface area contributed by atoms with Gasteiger partial charge in [-0.2, -0.15) is 0 Å². The number of cyclic esters (lactones) is 1. The van der Waals surface area contributed by atoms with Gasteiger partial charge in [-0.1, -0.05) is 39.0 Å². The molecule has 2 saturated heterocycles. The van der Waals surface area contributed by atoms with Crippen molar-refractivity contribution in [1.29, 1.82) is 0 Å². The number of esters is 1. The van der Waals surface area contributed by atoms with E-state index >= 15 is 0 Å². The third-order valence-corrected chi connectivity index (χ3v) is 10.5. The molecule has 1 N–H and O–H groups in total. The number of ketones is 1. The van der Waals surface area contributed by atoms with Gasteiger partial charge in [0.05, 0.1) is 23.8 Å². The van der Waals surface area contributed by atoms with Crippen molar-refractivity contribution in [1.82, 2.24) is 10.3 Å². The van der Waals surface area contributed by atoms with Gasteiger partial charge in [0.1, 0.15) is 29.7 Å². The summed E-state index contributed by atoms with van der Waals surface area (Å²) in [5.41, 5.74) is 0.842. The highest BCUT2D eigenvalue weighted by Crippen LogP contribution is 2.55. The summed E-state index contributed by atoms with van der Waals surface area (Å²) in [6.07, 6.45) is 0.946. The molecule has 1 aromatic carbocycles. The summed E-state index contributed by atoms with van der Waals surface area (Å²) in [6, 6.07) is 9.39. The molecule has 1 aromatic heterocycles. The molecular formula is C34H42N2O7. The van der Waals surface area contributed by atoms with E-state index in [2.05, 4.69) is 18.3 Å². The molecule has 5 heterocycles. The van der Waals surface area contributed by atoms with Crippen LogP contribution in [-0.4, -0.2) is 52.8 Å². The Balaban J connectivity index is 1.46. The summed E-state index contributed by atoms with van der Waals surface area (Å²) in [6.45, 7) is 13.7. The molecule has 9 heteroatoms. The molecular weight excluding hydrogens is 548 g/mol. The van der Waals surface area contributed by atoms with Crippen molar-refractivity contribution in [2.45, 2.75) is 90.8 Å². The number of pyridine rings is 1. The molecule has 10 atom stereocenters. The number of Topliss-reactive ketones (excluding diaryl/α,β-unsaturated/α-hetero) is 1. The highest BCUT2D eigenvalue weighted by molar-refractivity contribution is 5.85. The van der Waals surface area contributed by atoms with Crippen molar-refractivity contribution in [2.75, 3.05) is 6.61 Å². The number of amides is 1. The Hall–Kier alpha value is -3.46. The summed E-state index contributed by atoms with van der Waals surface area (Å²) >= 11 is 0. The summed E-state index contributed by atoms with van der Waals surface area (Å²) in [5, 5.41) is 3.85. The molecule has 2 aromatic rings. The number of carbonyl (C=O) groups excluding carboxylic acids is 3. The van der Waals surface area contributed by atoms with Crippen LogP contribution in [0.1, 0.15) is 73.0 Å². The first kappa shape index (κ1) is 29.6. The van der Waals surface area contributed by atoms with Crippen LogP contribution in [0.25, 0.3) is 10.9 Å². The van der Waals surface area contributed by atoms with Gasteiger partial charge in [0, 0.05) is 40.8 Å². The number of aromatic nitrogens is 1. The second kappa shape index (κ2) is 10.6. The molecule has 6 rings (SSSR count). The topological polar surface area (TPSA) is 113 Å². The number of alkyl carbamates (subject to hydrolysis) is 1. The van der Waals surface area contributed by atoms with Crippen LogP contribution in [0.15, 0.2) is 47.9 Å². The molecule has 0 spiro atoms. The number of ether oxygens (including phenoxy) is 4. The average molecular weight is 591 g/mol. The maximum atomic E-state index is 14.0. The van der Waals surface area contributed by atoms with Crippen LogP contribution in [0.2, 0.25) is 0 Å². The molecule has 4 aliphatic rings. The highest BCUT2D eigenvalue weighted by atomic mass is 16.6. The van der Waals surface area contributed by atoms with Crippen LogP contribution in [-0.2, 0) is 28.5 Å². The van der Waals surface area contributed by atoms with Gasteiger partial charge in [-0.05, 0) is 58.2 Å². The Morgan fingerprint density at radius 2 is 1.81 bits per heavy atom. The Kier molecular flexibility index (Phi) is 7.31. The Bertz CT molecular complexity index is 1500. The van der Waals surface area contributed by atoms with Gasteiger partial charge in [0.2, 0.25) is 0 Å². The number of hydrogen-bond acceptors (Lipinski definition) is 8. The monoisotopic (exact) mass is 590 g/mol. The minimum Gasteiger partial charge on any atom is -0.489 e. The summed E-state index contributed by atoms with van der Waals surface area (Å²) in [7, 11) is 0. The van der Waals surface area contributed by atoms with Crippen molar-refractivity contribution >= 4 is 28.7 Å². The third-order valence-electron chi connectivity index (χ3n) is 10.5. The van der Waals surface area contributed by atoms with Gasteiger partial charge in [0.15, 0.2) is 5.60 Å². The zero-order valence-electron chi connectivity index (χ0n) is 26.0. The van der Waals surface area contributed by atoms with E-state index in [0.29, 0.717) is 25.2 Å². The van der Waals surface area contributed by atoms with E-state index in [0.717, 1.165) is 22.0 Å². The van der Waals surface area contributed by atoms with Crippen LogP contribution in [0.5, 0.6) is 0 Å². The first-order valence-electron chi connectivity index (χ1n) is 15.5. The third kappa shape index (κ3) is 4.71. The molecule has 0 unspecified atom stereocenters. The maximum absolute atomic E-state index is 14.0. The van der Waals surface area contributed by atoms with E-state index in [4.69, 9.17) is 23.9 Å². The Labute approximate surface area is 252 Å². The fraction of sp³-hybridized carbons (Fsp3) is 0.588. The van der Waals surface area contributed by atoms with Gasteiger partial charge in [-0.15, -0.1) is 0 Å². The number of benzene rings is 1. The van der Waals surface area contributed by atoms with E-state index < -0.39 is 53.4 Å². The fourth-order valence-electron chi connectivity index (χ4n) is 8.35. The van der Waals surface area contributed by atoms with Crippen molar-refractivity contribution in [3.05, 3.63) is 53.4 Å². The molecule has 0 saturated carbocycles. The molecule has 230 valence electrons. The zero-order valence-corrected chi connectivity index (χ0v) is 26.0. The molecule has 4 aliphatic heterocycles. The van der Waals surface area contributed by atoms with Gasteiger partial charge in [-0.3, -0.25) is 14.6 Å². The van der Waals surface area contributed by atoms with Crippen molar-refractivity contribution in [3.63, 3.8) is 0 Å². The predicted molar refractivity (Wildman–Crippen MR) is 159 cm³/mol. The molecule has 0 aliphatic carbocycles. The van der Waals surface area contributed by atoms with Crippen LogP contribution in [0, 0.1) is 29.6 Å². The number of hydrogen-bond donors (Lipinski definition) is 1.